The molecule has 0 bridgehead atoms. The third-order valence-electron chi connectivity index (χ3n) is 3.27. The van der Waals surface area contributed by atoms with Crippen LogP contribution in [0.4, 0.5) is 0 Å². The molecule has 5 heteroatoms. The Morgan fingerprint density at radius 2 is 2.05 bits per heavy atom. The standard InChI is InChI=1S/C15H25N5/c1-5-13-8-15(19(4)17-13)11-20-7-6-14(18-20)10-16-9-12(2)3/h6-8,12,16H,5,9-11H2,1-4H3. The fourth-order valence-electron chi connectivity index (χ4n) is 2.13. The van der Waals surface area contributed by atoms with Gasteiger partial charge in [0, 0.05) is 19.8 Å². The third-order valence-corrected chi connectivity index (χ3v) is 3.27. The van der Waals surface area contributed by atoms with Crippen molar-refractivity contribution in [3.63, 3.8) is 0 Å². The molecule has 2 rings (SSSR count). The van der Waals surface area contributed by atoms with E-state index < -0.39 is 0 Å². The monoisotopic (exact) mass is 275 g/mol. The number of aromatic nitrogens is 4. The Morgan fingerprint density at radius 1 is 1.25 bits per heavy atom. The average Bonchev–Trinajstić information content (AvgIpc) is 2.97. The van der Waals surface area contributed by atoms with Crippen molar-refractivity contribution < 1.29 is 0 Å². The van der Waals surface area contributed by atoms with Crippen LogP contribution in [-0.2, 0) is 26.6 Å². The molecule has 2 aromatic heterocycles. The van der Waals surface area contributed by atoms with Gasteiger partial charge in [0.25, 0.3) is 0 Å². The maximum Gasteiger partial charge on any atom is 0.0828 e. The summed E-state index contributed by atoms with van der Waals surface area (Å²) < 4.78 is 3.92. The summed E-state index contributed by atoms with van der Waals surface area (Å²) >= 11 is 0. The van der Waals surface area contributed by atoms with Crippen molar-refractivity contribution in [2.75, 3.05) is 6.54 Å². The zero-order chi connectivity index (χ0) is 14.5. The molecular weight excluding hydrogens is 250 g/mol. The molecule has 0 amide bonds. The van der Waals surface area contributed by atoms with Crippen LogP contribution in [0.5, 0.6) is 0 Å². The molecule has 0 atom stereocenters. The second kappa shape index (κ2) is 6.70. The van der Waals surface area contributed by atoms with Crippen molar-refractivity contribution >= 4 is 0 Å². The van der Waals surface area contributed by atoms with Crippen LogP contribution < -0.4 is 5.32 Å². The smallest absolute Gasteiger partial charge is 0.0828 e. The van der Waals surface area contributed by atoms with Crippen LogP contribution in [0.1, 0.15) is 37.9 Å². The molecule has 0 saturated heterocycles. The largest absolute Gasteiger partial charge is 0.311 e. The topological polar surface area (TPSA) is 47.7 Å². The number of nitrogens with zero attached hydrogens (tertiary/aromatic N) is 4. The van der Waals surface area contributed by atoms with Gasteiger partial charge in [-0.25, -0.2) is 0 Å². The van der Waals surface area contributed by atoms with Gasteiger partial charge in [-0.1, -0.05) is 20.8 Å². The van der Waals surface area contributed by atoms with Crippen LogP contribution in [0.25, 0.3) is 0 Å². The molecule has 20 heavy (non-hydrogen) atoms. The Balaban J connectivity index is 1.93. The summed E-state index contributed by atoms with van der Waals surface area (Å²) in [5.74, 6) is 0.666. The Hall–Kier alpha value is -1.62. The Kier molecular flexibility index (Phi) is 4.95. The second-order valence-electron chi connectivity index (χ2n) is 5.63. The quantitative estimate of drug-likeness (QED) is 0.840. The van der Waals surface area contributed by atoms with Gasteiger partial charge in [0.15, 0.2) is 0 Å². The molecule has 2 heterocycles. The average molecular weight is 275 g/mol. The zero-order valence-electron chi connectivity index (χ0n) is 12.9. The highest BCUT2D eigenvalue weighted by molar-refractivity contribution is 5.11. The Morgan fingerprint density at radius 3 is 2.70 bits per heavy atom. The molecule has 0 aliphatic heterocycles. The molecule has 0 aliphatic carbocycles. The van der Waals surface area contributed by atoms with E-state index >= 15 is 0 Å². The van der Waals surface area contributed by atoms with Crippen LogP contribution in [0, 0.1) is 5.92 Å². The van der Waals surface area contributed by atoms with Crippen molar-refractivity contribution in [1.29, 1.82) is 0 Å². The molecule has 2 aromatic rings. The van der Waals surface area contributed by atoms with Gasteiger partial charge in [-0.15, -0.1) is 0 Å². The van der Waals surface area contributed by atoms with E-state index in [0.717, 1.165) is 37.4 Å². The highest BCUT2D eigenvalue weighted by Gasteiger charge is 2.06. The van der Waals surface area contributed by atoms with E-state index in [2.05, 4.69) is 48.4 Å². The van der Waals surface area contributed by atoms with Gasteiger partial charge in [-0.3, -0.25) is 9.36 Å². The van der Waals surface area contributed by atoms with Crippen LogP contribution >= 0.6 is 0 Å². The lowest BCUT2D eigenvalue weighted by molar-refractivity contribution is 0.541. The maximum atomic E-state index is 4.59. The molecule has 0 spiro atoms. The van der Waals surface area contributed by atoms with Crippen molar-refractivity contribution in [3.05, 3.63) is 35.4 Å². The first-order chi connectivity index (χ1) is 9.58. The fraction of sp³-hybridized carbons (Fsp3) is 0.600. The van der Waals surface area contributed by atoms with Crippen molar-refractivity contribution in [1.82, 2.24) is 24.9 Å². The first kappa shape index (κ1) is 14.8. The molecule has 0 aliphatic rings. The number of aryl methyl sites for hydroxylation is 2. The Labute approximate surface area is 121 Å². The minimum absolute atomic E-state index is 0.666. The summed E-state index contributed by atoms with van der Waals surface area (Å²) in [5, 5.41) is 12.5. The number of hydrogen-bond acceptors (Lipinski definition) is 3. The van der Waals surface area contributed by atoms with Crippen LogP contribution in [-0.4, -0.2) is 26.1 Å². The number of rotatable bonds is 7. The molecule has 0 aromatic carbocycles. The lowest BCUT2D eigenvalue weighted by atomic mass is 10.2. The summed E-state index contributed by atoms with van der Waals surface area (Å²) in [6.45, 7) is 9.16. The second-order valence-corrected chi connectivity index (χ2v) is 5.63. The van der Waals surface area contributed by atoms with Crippen LogP contribution in [0.15, 0.2) is 18.3 Å². The van der Waals surface area contributed by atoms with E-state index in [1.807, 2.05) is 22.6 Å². The van der Waals surface area contributed by atoms with Crippen LogP contribution in [0.2, 0.25) is 0 Å². The van der Waals surface area contributed by atoms with Gasteiger partial charge >= 0.3 is 0 Å². The van der Waals surface area contributed by atoms with E-state index in [0.29, 0.717) is 5.92 Å². The van der Waals surface area contributed by atoms with Gasteiger partial charge in [0.1, 0.15) is 0 Å². The van der Waals surface area contributed by atoms with E-state index in [-0.39, 0.29) is 0 Å². The summed E-state index contributed by atoms with van der Waals surface area (Å²) in [4.78, 5) is 0. The summed E-state index contributed by atoms with van der Waals surface area (Å²) in [6, 6.07) is 4.22. The fourth-order valence-corrected chi connectivity index (χ4v) is 2.13. The van der Waals surface area contributed by atoms with Gasteiger partial charge in [-0.05, 0) is 31.0 Å². The van der Waals surface area contributed by atoms with Crippen LogP contribution in [0.3, 0.4) is 0 Å². The predicted octanol–water partition coefficient (Wildman–Crippen LogP) is 1.97. The summed E-state index contributed by atoms with van der Waals surface area (Å²) in [5.41, 5.74) is 3.41. The molecular formula is C15H25N5. The van der Waals surface area contributed by atoms with E-state index in [4.69, 9.17) is 0 Å². The molecule has 0 saturated carbocycles. The van der Waals surface area contributed by atoms with Crippen molar-refractivity contribution in [3.8, 4) is 0 Å². The van der Waals surface area contributed by atoms with E-state index in [1.54, 1.807) is 0 Å². The van der Waals surface area contributed by atoms with Gasteiger partial charge in [-0.2, -0.15) is 10.2 Å². The predicted molar refractivity (Wildman–Crippen MR) is 80.5 cm³/mol. The zero-order valence-corrected chi connectivity index (χ0v) is 12.9. The molecule has 0 fully saturated rings. The number of nitrogens with one attached hydrogen (secondary N) is 1. The van der Waals surface area contributed by atoms with E-state index in [9.17, 15) is 0 Å². The summed E-state index contributed by atoms with van der Waals surface area (Å²) in [6.07, 6.45) is 3.00. The maximum absolute atomic E-state index is 4.59. The molecule has 0 radical (unpaired) electrons. The lowest BCUT2D eigenvalue weighted by Gasteiger charge is -2.05. The van der Waals surface area contributed by atoms with E-state index in [1.165, 1.54) is 5.69 Å². The van der Waals surface area contributed by atoms with Crippen molar-refractivity contribution in [2.24, 2.45) is 13.0 Å². The van der Waals surface area contributed by atoms with Gasteiger partial charge < -0.3 is 5.32 Å². The normalized spacial score (nSPS) is 11.4. The Bertz CT molecular complexity index is 538. The minimum Gasteiger partial charge on any atom is -0.311 e. The first-order valence-electron chi connectivity index (χ1n) is 7.33. The lowest BCUT2D eigenvalue weighted by Crippen LogP contribution is -2.19. The first-order valence-corrected chi connectivity index (χ1v) is 7.33. The summed E-state index contributed by atoms with van der Waals surface area (Å²) in [7, 11) is 1.99. The molecule has 1 N–H and O–H groups in total. The SMILES string of the molecule is CCc1cc(Cn2ccc(CNCC(C)C)n2)n(C)n1. The molecule has 0 unspecified atom stereocenters. The van der Waals surface area contributed by atoms with Gasteiger partial charge in [0.2, 0.25) is 0 Å². The highest BCUT2D eigenvalue weighted by atomic mass is 15.3. The molecule has 5 nitrogen and oxygen atoms in total. The molecule has 110 valence electrons. The van der Waals surface area contributed by atoms with Crippen molar-refractivity contribution in [2.45, 2.75) is 40.3 Å². The number of hydrogen-bond donors (Lipinski definition) is 1. The van der Waals surface area contributed by atoms with Gasteiger partial charge in [0.05, 0.1) is 23.6 Å². The third kappa shape index (κ3) is 3.93. The highest BCUT2D eigenvalue weighted by Crippen LogP contribution is 2.06. The minimum atomic E-state index is 0.666.